The molecule has 2 heteroatoms. The highest BCUT2D eigenvalue weighted by Gasteiger charge is 2.12. The van der Waals surface area contributed by atoms with Gasteiger partial charge in [0.25, 0.3) is 0 Å². The van der Waals surface area contributed by atoms with E-state index in [4.69, 9.17) is 4.43 Å². The topological polar surface area (TPSA) is 9.23 Å². The molecular formula is C21H30OSi. The van der Waals surface area contributed by atoms with Crippen LogP contribution in [0.2, 0.25) is 6.55 Å². The summed E-state index contributed by atoms with van der Waals surface area (Å²) < 4.78 is 6.30. The third kappa shape index (κ3) is 5.96. The lowest BCUT2D eigenvalue weighted by Gasteiger charge is -2.19. The summed E-state index contributed by atoms with van der Waals surface area (Å²) in [4.78, 5) is 0. The lowest BCUT2D eigenvalue weighted by molar-refractivity contribution is 0.212. The third-order valence-electron chi connectivity index (χ3n) is 4.39. The maximum absolute atomic E-state index is 6.30. The Morgan fingerprint density at radius 2 is 1.52 bits per heavy atom. The van der Waals surface area contributed by atoms with Gasteiger partial charge in [-0.2, -0.15) is 0 Å². The summed E-state index contributed by atoms with van der Waals surface area (Å²) >= 11 is 0. The van der Waals surface area contributed by atoms with Gasteiger partial charge in [0.05, 0.1) is 0 Å². The summed E-state index contributed by atoms with van der Waals surface area (Å²) in [5.41, 5.74) is 2.56. The van der Waals surface area contributed by atoms with Gasteiger partial charge < -0.3 is 4.43 Å². The Bertz CT molecular complexity index is 550. The monoisotopic (exact) mass is 326 g/mol. The molecule has 0 aliphatic carbocycles. The number of rotatable bonds is 9. The lowest BCUT2D eigenvalue weighted by atomic mass is 10.1. The first-order valence-electron chi connectivity index (χ1n) is 9.01. The van der Waals surface area contributed by atoms with Gasteiger partial charge in [0, 0.05) is 6.10 Å². The first-order valence-corrected chi connectivity index (χ1v) is 11.2. The first kappa shape index (κ1) is 18.0. The van der Waals surface area contributed by atoms with E-state index in [0.717, 1.165) is 0 Å². The molecule has 0 radical (unpaired) electrons. The van der Waals surface area contributed by atoms with Crippen LogP contribution in [-0.2, 0) is 4.43 Å². The lowest BCUT2D eigenvalue weighted by Crippen LogP contribution is -2.33. The molecule has 0 aliphatic rings. The minimum absolute atomic E-state index is 0.391. The van der Waals surface area contributed by atoms with Gasteiger partial charge in [-0.3, -0.25) is 0 Å². The predicted octanol–water partition coefficient (Wildman–Crippen LogP) is 5.29. The zero-order chi connectivity index (χ0) is 16.5. The van der Waals surface area contributed by atoms with Crippen molar-refractivity contribution in [1.29, 1.82) is 0 Å². The Kier molecular flexibility index (Phi) is 7.57. The molecule has 0 amide bonds. The van der Waals surface area contributed by atoms with E-state index in [1.807, 2.05) is 0 Å². The molecule has 0 heterocycles. The summed E-state index contributed by atoms with van der Waals surface area (Å²) in [6.45, 7) is 6.78. The predicted molar refractivity (Wildman–Crippen MR) is 104 cm³/mol. The standard InChI is InChI=1S/C21H30OSi/c1-4-5-6-8-11-18(2)22-23(3)21-16-14-20(15-17-21)19-12-9-7-10-13-19/h7,9-10,12-18,23H,4-6,8,11H2,1-3H3. The van der Waals surface area contributed by atoms with Crippen molar-refractivity contribution in [2.24, 2.45) is 0 Å². The van der Waals surface area contributed by atoms with Crippen molar-refractivity contribution in [2.45, 2.75) is 58.6 Å². The van der Waals surface area contributed by atoms with Crippen LogP contribution in [0.15, 0.2) is 54.6 Å². The molecule has 0 aromatic heterocycles. The van der Waals surface area contributed by atoms with E-state index >= 15 is 0 Å². The van der Waals surface area contributed by atoms with Gasteiger partial charge in [0.1, 0.15) is 0 Å². The maximum Gasteiger partial charge on any atom is 0.205 e. The van der Waals surface area contributed by atoms with Crippen molar-refractivity contribution >= 4 is 14.2 Å². The molecule has 0 aliphatic heterocycles. The van der Waals surface area contributed by atoms with Gasteiger partial charge in [-0.25, -0.2) is 0 Å². The highest BCUT2D eigenvalue weighted by Crippen LogP contribution is 2.17. The molecule has 0 saturated carbocycles. The van der Waals surface area contributed by atoms with Gasteiger partial charge in [-0.15, -0.1) is 0 Å². The van der Waals surface area contributed by atoms with Gasteiger partial charge in [-0.05, 0) is 36.2 Å². The van der Waals surface area contributed by atoms with Crippen LogP contribution in [0.5, 0.6) is 0 Å². The second kappa shape index (κ2) is 9.69. The molecule has 2 rings (SSSR count). The van der Waals surface area contributed by atoms with Crippen LogP contribution in [0.3, 0.4) is 0 Å². The summed E-state index contributed by atoms with van der Waals surface area (Å²) in [6.07, 6.45) is 6.87. The minimum atomic E-state index is -1.29. The summed E-state index contributed by atoms with van der Waals surface area (Å²) in [5, 5.41) is 1.39. The van der Waals surface area contributed by atoms with Crippen LogP contribution >= 0.6 is 0 Å². The molecule has 0 bridgehead atoms. The Morgan fingerprint density at radius 3 is 2.17 bits per heavy atom. The largest absolute Gasteiger partial charge is 0.413 e. The Labute approximate surface area is 143 Å². The summed E-state index contributed by atoms with van der Waals surface area (Å²) in [5.74, 6) is 0. The van der Waals surface area contributed by atoms with Crippen molar-refractivity contribution in [1.82, 2.24) is 0 Å². The highest BCUT2D eigenvalue weighted by molar-refractivity contribution is 6.66. The molecule has 0 saturated heterocycles. The molecule has 124 valence electrons. The zero-order valence-corrected chi connectivity index (χ0v) is 15.9. The van der Waals surface area contributed by atoms with Gasteiger partial charge in [0.2, 0.25) is 9.04 Å². The molecule has 2 unspecified atom stereocenters. The van der Waals surface area contributed by atoms with E-state index in [1.54, 1.807) is 0 Å². The van der Waals surface area contributed by atoms with Crippen LogP contribution < -0.4 is 5.19 Å². The fourth-order valence-corrected chi connectivity index (χ4v) is 4.66. The maximum atomic E-state index is 6.30. The molecule has 2 aromatic carbocycles. The van der Waals surface area contributed by atoms with E-state index in [-0.39, 0.29) is 0 Å². The molecule has 0 N–H and O–H groups in total. The second-order valence-corrected chi connectivity index (χ2v) is 8.65. The normalized spacial score (nSPS) is 13.7. The minimum Gasteiger partial charge on any atom is -0.413 e. The molecule has 2 aromatic rings. The Balaban J connectivity index is 1.86. The van der Waals surface area contributed by atoms with Crippen molar-refractivity contribution in [3.63, 3.8) is 0 Å². The van der Waals surface area contributed by atoms with Crippen LogP contribution in [0.1, 0.15) is 46.0 Å². The Hall–Kier alpha value is -1.38. The van der Waals surface area contributed by atoms with Crippen molar-refractivity contribution in [3.8, 4) is 11.1 Å². The number of hydrogen-bond donors (Lipinski definition) is 0. The van der Waals surface area contributed by atoms with Gasteiger partial charge >= 0.3 is 0 Å². The molecule has 2 atom stereocenters. The van der Waals surface area contributed by atoms with Gasteiger partial charge in [-0.1, -0.05) is 87.2 Å². The van der Waals surface area contributed by atoms with Gasteiger partial charge in [0.15, 0.2) is 0 Å². The molecule has 23 heavy (non-hydrogen) atoms. The first-order chi connectivity index (χ1) is 11.2. The van der Waals surface area contributed by atoms with Crippen LogP contribution in [-0.4, -0.2) is 15.1 Å². The number of benzene rings is 2. The van der Waals surface area contributed by atoms with Crippen LogP contribution in [0.25, 0.3) is 11.1 Å². The van der Waals surface area contributed by atoms with E-state index < -0.39 is 9.04 Å². The van der Waals surface area contributed by atoms with Crippen LogP contribution in [0.4, 0.5) is 0 Å². The van der Waals surface area contributed by atoms with E-state index in [9.17, 15) is 0 Å². The number of hydrogen-bond acceptors (Lipinski definition) is 1. The molecule has 1 nitrogen and oxygen atoms in total. The van der Waals surface area contributed by atoms with E-state index in [1.165, 1.54) is 48.4 Å². The molecular weight excluding hydrogens is 296 g/mol. The van der Waals surface area contributed by atoms with E-state index in [2.05, 4.69) is 75.0 Å². The average Bonchev–Trinajstić information content (AvgIpc) is 2.59. The summed E-state index contributed by atoms with van der Waals surface area (Å²) in [7, 11) is -1.29. The van der Waals surface area contributed by atoms with Crippen molar-refractivity contribution in [3.05, 3.63) is 54.6 Å². The fraction of sp³-hybridized carbons (Fsp3) is 0.429. The molecule has 0 spiro atoms. The van der Waals surface area contributed by atoms with Crippen LogP contribution in [0, 0.1) is 0 Å². The SMILES string of the molecule is CCCCCCC(C)O[SiH](C)c1ccc(-c2ccccc2)cc1. The third-order valence-corrected chi connectivity index (χ3v) is 6.58. The smallest absolute Gasteiger partial charge is 0.205 e. The van der Waals surface area contributed by atoms with Crippen molar-refractivity contribution in [2.75, 3.05) is 0 Å². The summed E-state index contributed by atoms with van der Waals surface area (Å²) in [6, 6.07) is 19.5. The Morgan fingerprint density at radius 1 is 0.870 bits per heavy atom. The highest BCUT2D eigenvalue weighted by atomic mass is 28.3. The fourth-order valence-electron chi connectivity index (χ4n) is 2.93. The number of unbranched alkanes of at least 4 members (excludes halogenated alkanes) is 3. The average molecular weight is 327 g/mol. The van der Waals surface area contributed by atoms with Crippen molar-refractivity contribution < 1.29 is 4.43 Å². The molecule has 0 fully saturated rings. The second-order valence-electron chi connectivity index (χ2n) is 6.43. The van der Waals surface area contributed by atoms with E-state index in [0.29, 0.717) is 6.10 Å². The zero-order valence-electron chi connectivity index (χ0n) is 14.8. The quantitative estimate of drug-likeness (QED) is 0.449.